The highest BCUT2D eigenvalue weighted by molar-refractivity contribution is 9.10. The van der Waals surface area contributed by atoms with Crippen molar-refractivity contribution in [3.8, 4) is 11.3 Å². The van der Waals surface area contributed by atoms with Gasteiger partial charge in [0.25, 0.3) is 0 Å². The summed E-state index contributed by atoms with van der Waals surface area (Å²) in [6.07, 6.45) is 0. The smallest absolute Gasteiger partial charge is 0.0505 e. The number of fused-ring (bicyclic) bond motifs is 1. The van der Waals surface area contributed by atoms with Crippen LogP contribution in [0.5, 0.6) is 0 Å². The molecule has 1 nitrogen and oxygen atoms in total. The second-order valence-electron chi connectivity index (χ2n) is 4.29. The van der Waals surface area contributed by atoms with Crippen molar-refractivity contribution in [1.29, 1.82) is 0 Å². The predicted octanol–water partition coefficient (Wildman–Crippen LogP) is 5.56. The van der Waals surface area contributed by atoms with Crippen molar-refractivity contribution >= 4 is 38.4 Å². The number of aryl methyl sites for hydroxylation is 1. The number of halogens is 2. The van der Waals surface area contributed by atoms with Gasteiger partial charge in [-0.1, -0.05) is 45.7 Å². The largest absolute Gasteiger partial charge is 0.354 e. The molecule has 0 atom stereocenters. The van der Waals surface area contributed by atoms with E-state index in [1.54, 1.807) is 0 Å². The molecule has 1 N–H and O–H groups in total. The van der Waals surface area contributed by atoms with Gasteiger partial charge in [0.05, 0.1) is 5.69 Å². The van der Waals surface area contributed by atoms with Gasteiger partial charge in [0.1, 0.15) is 0 Å². The molecule has 90 valence electrons. The lowest BCUT2D eigenvalue weighted by Gasteiger charge is -2.03. The monoisotopic (exact) mass is 319 g/mol. The van der Waals surface area contributed by atoms with E-state index in [9.17, 15) is 0 Å². The molecule has 1 heterocycles. The lowest BCUT2D eigenvalue weighted by molar-refractivity contribution is 1.40. The first-order valence-corrected chi connectivity index (χ1v) is 6.86. The number of aromatic amines is 1. The fourth-order valence-electron chi connectivity index (χ4n) is 2.23. The van der Waals surface area contributed by atoms with Gasteiger partial charge in [-0.15, -0.1) is 0 Å². The summed E-state index contributed by atoms with van der Waals surface area (Å²) < 4.78 is 1.09. The fraction of sp³-hybridized carbons (Fsp3) is 0.0667. The molecule has 0 unspecified atom stereocenters. The molecule has 0 amide bonds. The van der Waals surface area contributed by atoms with Crippen molar-refractivity contribution in [2.75, 3.05) is 0 Å². The number of hydrogen-bond acceptors (Lipinski definition) is 0. The quantitative estimate of drug-likeness (QED) is 0.604. The molecule has 0 spiro atoms. The van der Waals surface area contributed by atoms with Crippen molar-refractivity contribution in [1.82, 2.24) is 4.98 Å². The molecule has 18 heavy (non-hydrogen) atoms. The average molecular weight is 321 g/mol. The number of rotatable bonds is 1. The second kappa shape index (κ2) is 4.45. The Morgan fingerprint density at radius 2 is 1.89 bits per heavy atom. The summed E-state index contributed by atoms with van der Waals surface area (Å²) in [4.78, 5) is 3.46. The third kappa shape index (κ3) is 1.86. The maximum Gasteiger partial charge on any atom is 0.0505 e. The van der Waals surface area contributed by atoms with E-state index in [1.165, 1.54) is 16.5 Å². The van der Waals surface area contributed by atoms with E-state index >= 15 is 0 Å². The van der Waals surface area contributed by atoms with E-state index in [2.05, 4.69) is 33.9 Å². The van der Waals surface area contributed by atoms with E-state index in [0.717, 1.165) is 20.7 Å². The molecule has 3 rings (SSSR count). The number of nitrogens with one attached hydrogen (secondary N) is 1. The number of H-pyrrole nitrogens is 1. The zero-order valence-corrected chi connectivity index (χ0v) is 12.1. The Hall–Kier alpha value is -1.25. The van der Waals surface area contributed by atoms with Crippen LogP contribution in [0.15, 0.2) is 46.9 Å². The highest BCUT2D eigenvalue weighted by Crippen LogP contribution is 2.34. The molecule has 0 aliphatic rings. The zero-order valence-electron chi connectivity index (χ0n) is 9.80. The Morgan fingerprint density at radius 1 is 1.11 bits per heavy atom. The van der Waals surface area contributed by atoms with Crippen molar-refractivity contribution in [3.05, 3.63) is 57.5 Å². The van der Waals surface area contributed by atoms with Crippen LogP contribution in [0.2, 0.25) is 5.02 Å². The van der Waals surface area contributed by atoms with Gasteiger partial charge in [-0.2, -0.15) is 0 Å². The van der Waals surface area contributed by atoms with Crippen LogP contribution in [0.4, 0.5) is 0 Å². The van der Waals surface area contributed by atoms with E-state index in [1.807, 2.05) is 36.4 Å². The highest BCUT2D eigenvalue weighted by atomic mass is 79.9. The van der Waals surface area contributed by atoms with Crippen molar-refractivity contribution < 1.29 is 0 Å². The third-order valence-corrected chi connectivity index (χ3v) is 4.09. The van der Waals surface area contributed by atoms with Crippen LogP contribution < -0.4 is 0 Å². The van der Waals surface area contributed by atoms with E-state index < -0.39 is 0 Å². The molecule has 0 bridgehead atoms. The minimum absolute atomic E-state index is 0.767. The Labute approximate surface area is 119 Å². The van der Waals surface area contributed by atoms with Gasteiger partial charge in [-0.05, 0) is 36.8 Å². The zero-order chi connectivity index (χ0) is 12.7. The maximum atomic E-state index is 6.05. The summed E-state index contributed by atoms with van der Waals surface area (Å²) >= 11 is 9.65. The molecule has 2 aromatic carbocycles. The van der Waals surface area contributed by atoms with Crippen LogP contribution in [0.1, 0.15) is 5.56 Å². The van der Waals surface area contributed by atoms with Crippen molar-refractivity contribution in [2.45, 2.75) is 6.92 Å². The SMILES string of the molecule is Cc1c(-c2ccccc2Br)[nH]c2ccc(Cl)cc12. The Bertz CT molecular complexity index is 730. The summed E-state index contributed by atoms with van der Waals surface area (Å²) in [5, 5.41) is 1.94. The maximum absolute atomic E-state index is 6.05. The molecule has 1 aromatic heterocycles. The highest BCUT2D eigenvalue weighted by Gasteiger charge is 2.11. The molecule has 0 aliphatic heterocycles. The topological polar surface area (TPSA) is 15.8 Å². The van der Waals surface area contributed by atoms with Gasteiger partial charge in [0.15, 0.2) is 0 Å². The van der Waals surface area contributed by atoms with Crippen LogP contribution in [-0.2, 0) is 0 Å². The number of hydrogen-bond donors (Lipinski definition) is 1. The predicted molar refractivity (Wildman–Crippen MR) is 81.2 cm³/mol. The molecule has 3 heteroatoms. The van der Waals surface area contributed by atoms with E-state index in [0.29, 0.717) is 0 Å². The molecular weight excluding hydrogens is 310 g/mol. The molecule has 3 aromatic rings. The minimum atomic E-state index is 0.767. The van der Waals surface area contributed by atoms with Crippen molar-refractivity contribution in [2.24, 2.45) is 0 Å². The first-order chi connectivity index (χ1) is 8.66. The van der Waals surface area contributed by atoms with E-state index in [4.69, 9.17) is 11.6 Å². The number of aromatic nitrogens is 1. The third-order valence-electron chi connectivity index (χ3n) is 3.16. The minimum Gasteiger partial charge on any atom is -0.354 e. The molecule has 0 radical (unpaired) electrons. The molecule has 0 fully saturated rings. The van der Waals surface area contributed by atoms with Crippen LogP contribution >= 0.6 is 27.5 Å². The summed E-state index contributed by atoms with van der Waals surface area (Å²) in [5.41, 5.74) is 4.64. The Kier molecular flexibility index (Phi) is 2.92. The van der Waals surface area contributed by atoms with Crippen LogP contribution in [0.3, 0.4) is 0 Å². The standard InChI is InChI=1S/C15H11BrClN/c1-9-12-8-10(17)6-7-14(12)18-15(9)11-4-2-3-5-13(11)16/h2-8,18H,1H3. The Balaban J connectivity index is 2.31. The van der Waals surface area contributed by atoms with Crippen LogP contribution in [-0.4, -0.2) is 4.98 Å². The summed E-state index contributed by atoms with van der Waals surface area (Å²) in [5.74, 6) is 0. The lowest BCUT2D eigenvalue weighted by Crippen LogP contribution is -1.81. The number of benzene rings is 2. The van der Waals surface area contributed by atoms with Crippen molar-refractivity contribution in [3.63, 3.8) is 0 Å². The molecule has 0 saturated heterocycles. The first-order valence-electron chi connectivity index (χ1n) is 5.69. The summed E-state index contributed by atoms with van der Waals surface area (Å²) in [7, 11) is 0. The van der Waals surface area contributed by atoms with Gasteiger partial charge in [-0.3, -0.25) is 0 Å². The average Bonchev–Trinajstić information content (AvgIpc) is 2.68. The molecule has 0 aliphatic carbocycles. The van der Waals surface area contributed by atoms with Gasteiger partial charge in [0.2, 0.25) is 0 Å². The summed E-state index contributed by atoms with van der Waals surface area (Å²) in [6.45, 7) is 2.12. The second-order valence-corrected chi connectivity index (χ2v) is 5.59. The first kappa shape index (κ1) is 11.8. The fourth-order valence-corrected chi connectivity index (χ4v) is 2.89. The van der Waals surface area contributed by atoms with Gasteiger partial charge < -0.3 is 4.98 Å². The summed E-state index contributed by atoms with van der Waals surface area (Å²) in [6, 6.07) is 14.1. The van der Waals surface area contributed by atoms with Crippen LogP contribution in [0, 0.1) is 6.92 Å². The molecule has 0 saturated carbocycles. The lowest BCUT2D eigenvalue weighted by atomic mass is 10.1. The van der Waals surface area contributed by atoms with Gasteiger partial charge >= 0.3 is 0 Å². The normalized spacial score (nSPS) is 11.1. The van der Waals surface area contributed by atoms with Gasteiger partial charge in [0, 0.05) is 26.0 Å². The Morgan fingerprint density at radius 3 is 2.67 bits per heavy atom. The van der Waals surface area contributed by atoms with Crippen LogP contribution in [0.25, 0.3) is 22.2 Å². The van der Waals surface area contributed by atoms with E-state index in [-0.39, 0.29) is 0 Å². The molecular formula is C15H11BrClN. The van der Waals surface area contributed by atoms with Gasteiger partial charge in [-0.25, -0.2) is 0 Å².